The molecule has 0 amide bonds. The van der Waals surface area contributed by atoms with Crippen LogP contribution < -0.4 is 0 Å². The average molecular weight is 188 g/mol. The Balaban J connectivity index is 1.59. The van der Waals surface area contributed by atoms with Crippen LogP contribution in [0.3, 0.4) is 0 Å². The lowest BCUT2D eigenvalue weighted by Gasteiger charge is -2.63. The van der Waals surface area contributed by atoms with Crippen molar-refractivity contribution in [1.82, 2.24) is 0 Å². The Labute approximate surface area is 86.5 Å². The first-order valence-corrected chi connectivity index (χ1v) is 6.86. The molecule has 0 N–H and O–H groups in total. The molecule has 0 spiro atoms. The summed E-state index contributed by atoms with van der Waals surface area (Å²) in [6.07, 6.45) is 6.50. The Hall–Kier alpha value is 0. The van der Waals surface area contributed by atoms with Crippen LogP contribution in [0.1, 0.15) is 32.6 Å². The van der Waals surface area contributed by atoms with Gasteiger partial charge in [-0.1, -0.05) is 6.92 Å². The highest BCUT2D eigenvalue weighted by Crippen LogP contribution is 2.78. The monoisotopic (exact) mass is 188 g/mol. The quantitative estimate of drug-likeness (QED) is 0.547. The van der Waals surface area contributed by atoms with Crippen LogP contribution in [-0.4, -0.2) is 0 Å². The summed E-state index contributed by atoms with van der Waals surface area (Å²) in [5.74, 6) is 11.0. The molecule has 0 saturated heterocycles. The van der Waals surface area contributed by atoms with Crippen LogP contribution >= 0.6 is 0 Å². The minimum atomic E-state index is 1.10. The number of hydrogen-bond acceptors (Lipinski definition) is 0. The molecule has 5 aliphatic carbocycles. The smallest absolute Gasteiger partial charge is 0.0315 e. The van der Waals surface area contributed by atoms with Crippen LogP contribution in [0.2, 0.25) is 0 Å². The lowest BCUT2D eigenvalue weighted by molar-refractivity contribution is -0.145. The molecule has 0 radical (unpaired) electrons. The minimum absolute atomic E-state index is 1.10. The molecule has 0 heterocycles. The molecule has 9 unspecified atom stereocenters. The molecule has 9 atom stereocenters. The van der Waals surface area contributed by atoms with E-state index in [1.54, 1.807) is 25.7 Å². The largest absolute Gasteiger partial charge is 0.0622 e. The van der Waals surface area contributed by atoms with E-state index in [9.17, 15) is 0 Å². The third-order valence-electron chi connectivity index (χ3n) is 7.21. The van der Waals surface area contributed by atoms with Crippen molar-refractivity contribution in [2.24, 2.45) is 53.3 Å². The highest BCUT2D eigenvalue weighted by atomic mass is 14.8. The number of rotatable bonds is 0. The Kier molecular flexibility index (Phi) is 1.02. The molecule has 5 saturated carbocycles. The zero-order valence-corrected chi connectivity index (χ0v) is 9.02. The van der Waals surface area contributed by atoms with Gasteiger partial charge in [0.05, 0.1) is 0 Å². The zero-order chi connectivity index (χ0) is 9.02. The molecule has 0 heteroatoms. The van der Waals surface area contributed by atoms with Gasteiger partial charge < -0.3 is 0 Å². The normalized spacial score (nSPS) is 76.5. The first kappa shape index (κ1) is 7.30. The van der Waals surface area contributed by atoms with Crippen molar-refractivity contribution in [2.45, 2.75) is 32.6 Å². The van der Waals surface area contributed by atoms with Gasteiger partial charge in [-0.3, -0.25) is 0 Å². The van der Waals surface area contributed by atoms with Gasteiger partial charge in [0.1, 0.15) is 0 Å². The van der Waals surface area contributed by atoms with Crippen molar-refractivity contribution in [3.63, 3.8) is 0 Å². The van der Waals surface area contributed by atoms with Crippen LogP contribution in [0.5, 0.6) is 0 Å². The van der Waals surface area contributed by atoms with Crippen LogP contribution in [0, 0.1) is 53.3 Å². The fourth-order valence-corrected chi connectivity index (χ4v) is 6.89. The number of hydrogen-bond donors (Lipinski definition) is 0. The predicted octanol–water partition coefficient (Wildman–Crippen LogP) is 3.18. The maximum Gasteiger partial charge on any atom is -0.0315 e. The van der Waals surface area contributed by atoms with Gasteiger partial charge in [-0.2, -0.15) is 0 Å². The second-order valence-electron chi connectivity index (χ2n) is 7.08. The summed E-state index contributed by atoms with van der Waals surface area (Å²) in [5.41, 5.74) is 0. The van der Waals surface area contributed by atoms with Gasteiger partial charge in [-0.05, 0) is 78.9 Å². The van der Waals surface area contributed by atoms with E-state index >= 15 is 0 Å². The Morgan fingerprint density at radius 3 is 2.07 bits per heavy atom. The molecule has 5 rings (SSSR count). The van der Waals surface area contributed by atoms with Gasteiger partial charge in [-0.15, -0.1) is 0 Å². The zero-order valence-electron chi connectivity index (χ0n) is 9.02. The Morgan fingerprint density at radius 2 is 1.29 bits per heavy atom. The molecule has 0 aromatic rings. The van der Waals surface area contributed by atoms with E-state index in [0.29, 0.717) is 0 Å². The van der Waals surface area contributed by atoms with Crippen LogP contribution in [-0.2, 0) is 0 Å². The SMILES string of the molecule is CC1CC2C3CC1C2C1C2CCC2C31. The van der Waals surface area contributed by atoms with E-state index in [4.69, 9.17) is 0 Å². The molecule has 4 bridgehead atoms. The van der Waals surface area contributed by atoms with Crippen molar-refractivity contribution in [2.75, 3.05) is 0 Å². The second kappa shape index (κ2) is 1.95. The van der Waals surface area contributed by atoms with Gasteiger partial charge in [0, 0.05) is 0 Å². The summed E-state index contributed by atoms with van der Waals surface area (Å²) in [6.45, 7) is 2.53. The van der Waals surface area contributed by atoms with Gasteiger partial charge in [0.25, 0.3) is 0 Å². The molecule has 0 aromatic carbocycles. The van der Waals surface area contributed by atoms with Crippen molar-refractivity contribution >= 4 is 0 Å². The fourth-order valence-electron chi connectivity index (χ4n) is 6.89. The lowest BCUT2D eigenvalue weighted by atomic mass is 9.42. The van der Waals surface area contributed by atoms with E-state index in [2.05, 4.69) is 6.92 Å². The van der Waals surface area contributed by atoms with Crippen molar-refractivity contribution in [3.05, 3.63) is 0 Å². The lowest BCUT2D eigenvalue weighted by Crippen LogP contribution is -2.57. The molecule has 0 nitrogen and oxygen atoms in total. The summed E-state index contributed by atoms with van der Waals surface area (Å²) in [7, 11) is 0. The van der Waals surface area contributed by atoms with Crippen molar-refractivity contribution < 1.29 is 0 Å². The van der Waals surface area contributed by atoms with Crippen LogP contribution in [0.4, 0.5) is 0 Å². The maximum atomic E-state index is 2.53. The summed E-state index contributed by atoms with van der Waals surface area (Å²) >= 11 is 0. The van der Waals surface area contributed by atoms with Crippen LogP contribution in [0.25, 0.3) is 0 Å². The Morgan fingerprint density at radius 1 is 0.643 bits per heavy atom. The van der Waals surface area contributed by atoms with Gasteiger partial charge in [-0.25, -0.2) is 0 Å². The molecule has 0 aliphatic heterocycles. The molecule has 0 aromatic heterocycles. The standard InChI is InChI=1S/C14H20/c1-6-4-10-11-5-9(6)13(10)14-8-3-2-7(8)12(11)14/h6-14H,2-5H2,1H3. The van der Waals surface area contributed by atoms with E-state index < -0.39 is 0 Å². The summed E-state index contributed by atoms with van der Waals surface area (Å²) in [4.78, 5) is 0. The maximum absolute atomic E-state index is 2.53. The number of fused-ring (bicyclic) bond motifs is 5. The third-order valence-corrected chi connectivity index (χ3v) is 7.21. The predicted molar refractivity (Wildman–Crippen MR) is 55.6 cm³/mol. The summed E-state index contributed by atoms with van der Waals surface area (Å²) < 4.78 is 0. The molecule has 14 heavy (non-hydrogen) atoms. The molecular formula is C14H20. The van der Waals surface area contributed by atoms with Crippen molar-refractivity contribution in [1.29, 1.82) is 0 Å². The van der Waals surface area contributed by atoms with E-state index in [1.807, 2.05) is 0 Å². The molecule has 5 fully saturated rings. The van der Waals surface area contributed by atoms with Gasteiger partial charge in [0.15, 0.2) is 0 Å². The summed E-state index contributed by atoms with van der Waals surface area (Å²) in [6, 6.07) is 0. The average Bonchev–Trinajstić information content (AvgIpc) is 2.68. The van der Waals surface area contributed by atoms with Gasteiger partial charge >= 0.3 is 0 Å². The fraction of sp³-hybridized carbons (Fsp3) is 1.00. The molecular weight excluding hydrogens is 168 g/mol. The second-order valence-corrected chi connectivity index (χ2v) is 7.08. The van der Waals surface area contributed by atoms with E-state index in [0.717, 1.165) is 5.92 Å². The van der Waals surface area contributed by atoms with E-state index in [-0.39, 0.29) is 0 Å². The Bertz CT molecular complexity index is 307. The first-order valence-electron chi connectivity index (χ1n) is 6.86. The van der Waals surface area contributed by atoms with E-state index in [1.165, 1.54) is 47.3 Å². The van der Waals surface area contributed by atoms with Crippen LogP contribution in [0.15, 0.2) is 0 Å². The molecule has 76 valence electrons. The van der Waals surface area contributed by atoms with Gasteiger partial charge in [0.2, 0.25) is 0 Å². The highest BCUT2D eigenvalue weighted by molar-refractivity contribution is 5.21. The van der Waals surface area contributed by atoms with Crippen molar-refractivity contribution in [3.8, 4) is 0 Å². The third kappa shape index (κ3) is 0.517. The summed E-state index contributed by atoms with van der Waals surface area (Å²) in [5, 5.41) is 0. The first-order chi connectivity index (χ1) is 6.86. The topological polar surface area (TPSA) is 0 Å². The molecule has 5 aliphatic rings. The minimum Gasteiger partial charge on any atom is -0.0622 e. The highest BCUT2D eigenvalue weighted by Gasteiger charge is 2.73.